The second kappa shape index (κ2) is 7.81. The summed E-state index contributed by atoms with van der Waals surface area (Å²) in [4.78, 5) is 20.0. The number of hydrogen-bond acceptors (Lipinski definition) is 5. The van der Waals surface area contributed by atoms with Gasteiger partial charge in [0.05, 0.1) is 22.2 Å². The summed E-state index contributed by atoms with van der Waals surface area (Å²) in [5.74, 6) is 0.437. The van der Waals surface area contributed by atoms with Gasteiger partial charge in [0.1, 0.15) is 5.82 Å². The third-order valence-corrected chi connectivity index (χ3v) is 5.97. The van der Waals surface area contributed by atoms with Crippen molar-refractivity contribution in [2.24, 2.45) is 0 Å². The molecule has 1 aliphatic heterocycles. The van der Waals surface area contributed by atoms with Gasteiger partial charge in [0.25, 0.3) is 5.89 Å². The van der Waals surface area contributed by atoms with Gasteiger partial charge < -0.3 is 9.84 Å². The van der Waals surface area contributed by atoms with Gasteiger partial charge in [-0.3, -0.25) is 4.90 Å². The lowest BCUT2D eigenvalue weighted by atomic mass is 9.94. The van der Waals surface area contributed by atoms with Crippen molar-refractivity contribution in [3.63, 3.8) is 0 Å². The van der Waals surface area contributed by atoms with E-state index < -0.39 is 6.04 Å². The van der Waals surface area contributed by atoms with Crippen molar-refractivity contribution < 1.29 is 13.7 Å². The van der Waals surface area contributed by atoms with E-state index in [1.807, 2.05) is 54.8 Å². The minimum atomic E-state index is -0.470. The van der Waals surface area contributed by atoms with E-state index in [1.165, 1.54) is 28.4 Å². The van der Waals surface area contributed by atoms with Gasteiger partial charge in [0, 0.05) is 5.70 Å². The number of benzene rings is 2. The van der Waals surface area contributed by atoms with E-state index in [1.54, 1.807) is 12.1 Å². The van der Waals surface area contributed by atoms with Crippen LogP contribution in [0.2, 0.25) is 0 Å². The molecule has 0 bridgehead atoms. The highest BCUT2D eigenvalue weighted by Gasteiger charge is 2.36. The first-order chi connectivity index (χ1) is 15.1. The molecule has 154 valence electrons. The van der Waals surface area contributed by atoms with Crippen LogP contribution in [0.3, 0.4) is 0 Å². The quantitative estimate of drug-likeness (QED) is 0.453. The highest BCUT2D eigenvalue weighted by atomic mass is 32.1. The van der Waals surface area contributed by atoms with Crippen LogP contribution in [-0.4, -0.2) is 16.2 Å². The van der Waals surface area contributed by atoms with Crippen molar-refractivity contribution in [2.75, 3.05) is 4.90 Å². The zero-order chi connectivity index (χ0) is 21.4. The Balaban J connectivity index is 1.66. The number of allylic oxidation sites excluding steroid dienone is 1. The molecule has 1 aliphatic rings. The zero-order valence-electron chi connectivity index (χ0n) is 16.4. The average Bonchev–Trinajstić information content (AvgIpc) is 3.47. The summed E-state index contributed by atoms with van der Waals surface area (Å²) >= 11 is 1.52. The topological polar surface area (TPSA) is 71.3 Å². The molecule has 1 unspecified atom stereocenters. The molecule has 0 aliphatic carbocycles. The molecule has 2 aromatic heterocycles. The van der Waals surface area contributed by atoms with E-state index in [-0.39, 0.29) is 11.8 Å². The number of hydrogen-bond donors (Lipinski definition) is 1. The maximum absolute atomic E-state index is 13.4. The molecule has 0 spiro atoms. The number of nitrogens with zero attached hydrogens (tertiary/aromatic N) is 3. The maximum atomic E-state index is 13.4. The number of carbonyl (C=O) groups is 1. The van der Waals surface area contributed by atoms with Crippen LogP contribution in [0.4, 0.5) is 14.9 Å². The van der Waals surface area contributed by atoms with Crippen LogP contribution in [0.15, 0.2) is 82.3 Å². The molecule has 6 nitrogen and oxygen atoms in total. The minimum Gasteiger partial charge on any atom is -0.334 e. The molecule has 4 aromatic rings. The predicted octanol–water partition coefficient (Wildman–Crippen LogP) is 5.64. The van der Waals surface area contributed by atoms with Crippen molar-refractivity contribution >= 4 is 28.6 Å². The van der Waals surface area contributed by atoms with E-state index in [2.05, 4.69) is 15.5 Å². The van der Waals surface area contributed by atoms with Crippen molar-refractivity contribution in [2.45, 2.75) is 13.0 Å². The molecule has 2 aromatic carbocycles. The summed E-state index contributed by atoms with van der Waals surface area (Å²) in [5.41, 5.74) is 2.74. The number of anilines is 1. The van der Waals surface area contributed by atoms with E-state index in [9.17, 15) is 9.18 Å². The number of urea groups is 1. The highest BCUT2D eigenvalue weighted by molar-refractivity contribution is 7.13. The molecule has 2 amide bonds. The molecule has 0 fully saturated rings. The van der Waals surface area contributed by atoms with Gasteiger partial charge in [-0.05, 0) is 48.2 Å². The lowest BCUT2D eigenvalue weighted by molar-refractivity contribution is 0.244. The lowest BCUT2D eigenvalue weighted by Crippen LogP contribution is -2.46. The van der Waals surface area contributed by atoms with Crippen molar-refractivity contribution in [3.05, 3.63) is 95.1 Å². The fraction of sp³-hybridized carbons (Fsp3) is 0.0870. The Bertz CT molecular complexity index is 1250. The van der Waals surface area contributed by atoms with Crippen molar-refractivity contribution in [3.8, 4) is 10.7 Å². The van der Waals surface area contributed by atoms with Gasteiger partial charge in [-0.25, -0.2) is 9.18 Å². The molecule has 1 N–H and O–H groups in total. The van der Waals surface area contributed by atoms with Gasteiger partial charge in [-0.2, -0.15) is 4.98 Å². The SMILES string of the molecule is CC1=C(c2nc(-c3cccs3)no2)C(c2ccccc2)NC(=O)N1c1ccc(F)cc1. The van der Waals surface area contributed by atoms with Crippen LogP contribution in [0, 0.1) is 5.82 Å². The number of rotatable bonds is 4. The molecular formula is C23H17FN4O2S. The normalized spacial score (nSPS) is 16.5. The van der Waals surface area contributed by atoms with E-state index in [4.69, 9.17) is 4.52 Å². The third kappa shape index (κ3) is 3.51. The van der Waals surface area contributed by atoms with Gasteiger partial charge >= 0.3 is 6.03 Å². The monoisotopic (exact) mass is 432 g/mol. The number of carbonyl (C=O) groups excluding carboxylic acids is 1. The summed E-state index contributed by atoms with van der Waals surface area (Å²) in [6, 6.07) is 18.4. The van der Waals surface area contributed by atoms with Gasteiger partial charge in [0.2, 0.25) is 5.82 Å². The highest BCUT2D eigenvalue weighted by Crippen LogP contribution is 2.39. The van der Waals surface area contributed by atoms with Crippen LogP contribution >= 0.6 is 11.3 Å². The standard InChI is InChI=1S/C23H17FN4O2S/c1-14-19(22-26-21(27-30-22)18-8-5-13-31-18)20(15-6-3-2-4-7-15)25-23(29)28(14)17-11-9-16(24)10-12-17/h2-13,20H,1H3,(H,25,29). The number of aromatic nitrogens is 2. The number of nitrogens with one attached hydrogen (secondary N) is 1. The molecule has 0 saturated heterocycles. The first kappa shape index (κ1) is 19.2. The summed E-state index contributed by atoms with van der Waals surface area (Å²) < 4.78 is 19.1. The summed E-state index contributed by atoms with van der Waals surface area (Å²) in [7, 11) is 0. The third-order valence-electron chi connectivity index (χ3n) is 5.10. The van der Waals surface area contributed by atoms with Crippen LogP contribution in [0.1, 0.15) is 24.4 Å². The van der Waals surface area contributed by atoms with E-state index in [0.717, 1.165) is 10.4 Å². The molecule has 3 heterocycles. The van der Waals surface area contributed by atoms with E-state index >= 15 is 0 Å². The average molecular weight is 432 g/mol. The Morgan fingerprint density at radius 2 is 1.84 bits per heavy atom. The predicted molar refractivity (Wildman–Crippen MR) is 117 cm³/mol. The lowest BCUT2D eigenvalue weighted by Gasteiger charge is -2.35. The molecule has 0 saturated carbocycles. The molecular weight excluding hydrogens is 415 g/mol. The largest absolute Gasteiger partial charge is 0.334 e. The van der Waals surface area contributed by atoms with Crippen LogP contribution in [-0.2, 0) is 0 Å². The number of halogens is 1. The molecule has 31 heavy (non-hydrogen) atoms. The maximum Gasteiger partial charge on any atom is 0.326 e. The summed E-state index contributed by atoms with van der Waals surface area (Å²) in [5, 5.41) is 9.11. The Labute approximate surface area is 181 Å². The van der Waals surface area contributed by atoms with E-state index in [0.29, 0.717) is 28.7 Å². The van der Waals surface area contributed by atoms with Crippen molar-refractivity contribution in [1.29, 1.82) is 0 Å². The Morgan fingerprint density at radius 1 is 1.06 bits per heavy atom. The fourth-order valence-electron chi connectivity index (χ4n) is 3.66. The van der Waals surface area contributed by atoms with Gasteiger partial charge in [-0.15, -0.1) is 11.3 Å². The molecule has 0 radical (unpaired) electrons. The first-order valence-corrected chi connectivity index (χ1v) is 10.5. The van der Waals surface area contributed by atoms with Gasteiger partial charge in [-0.1, -0.05) is 41.6 Å². The fourth-order valence-corrected chi connectivity index (χ4v) is 4.30. The van der Waals surface area contributed by atoms with Crippen molar-refractivity contribution in [1.82, 2.24) is 15.5 Å². The first-order valence-electron chi connectivity index (χ1n) is 9.61. The Kier molecular flexibility index (Phi) is 4.83. The molecule has 8 heteroatoms. The van der Waals surface area contributed by atoms with Crippen LogP contribution < -0.4 is 10.2 Å². The summed E-state index contributed by atoms with van der Waals surface area (Å²) in [6.07, 6.45) is 0. The molecule has 5 rings (SSSR count). The second-order valence-corrected chi connectivity index (χ2v) is 7.95. The zero-order valence-corrected chi connectivity index (χ0v) is 17.3. The Hall–Kier alpha value is -3.78. The Morgan fingerprint density at radius 3 is 2.55 bits per heavy atom. The van der Waals surface area contributed by atoms with Gasteiger partial charge in [0.15, 0.2) is 0 Å². The number of thiophene rings is 1. The van der Waals surface area contributed by atoms with Crippen LogP contribution in [0.5, 0.6) is 0 Å². The van der Waals surface area contributed by atoms with Crippen LogP contribution in [0.25, 0.3) is 16.3 Å². The second-order valence-electron chi connectivity index (χ2n) is 7.00. The minimum absolute atomic E-state index is 0.320. The molecule has 1 atom stereocenters. The smallest absolute Gasteiger partial charge is 0.326 e. The summed E-state index contributed by atoms with van der Waals surface area (Å²) in [6.45, 7) is 1.82. The number of amides is 2.